The normalized spacial score (nSPS) is 18.8. The highest BCUT2D eigenvalue weighted by molar-refractivity contribution is 5.75. The second-order valence-corrected chi connectivity index (χ2v) is 5.64. The van der Waals surface area contributed by atoms with Gasteiger partial charge in [0.1, 0.15) is 0 Å². The summed E-state index contributed by atoms with van der Waals surface area (Å²) in [6, 6.07) is 5.92. The number of fused-ring (bicyclic) bond motifs is 1. The Kier molecular flexibility index (Phi) is 2.21. The van der Waals surface area contributed by atoms with E-state index in [9.17, 15) is 4.79 Å². The molecule has 1 saturated heterocycles. The Morgan fingerprint density at radius 2 is 1.94 bits per heavy atom. The van der Waals surface area contributed by atoms with E-state index in [0.29, 0.717) is 13.2 Å². The van der Waals surface area contributed by atoms with E-state index >= 15 is 0 Å². The predicted octanol–water partition coefficient (Wildman–Crippen LogP) is 0.861. The maximum absolute atomic E-state index is 11.3. The molecule has 2 heterocycles. The van der Waals surface area contributed by atoms with Crippen LogP contribution in [0.25, 0.3) is 11.0 Å². The van der Waals surface area contributed by atoms with Crippen LogP contribution in [-0.2, 0) is 10.2 Å². The van der Waals surface area contributed by atoms with Crippen molar-refractivity contribution in [2.75, 3.05) is 13.2 Å². The van der Waals surface area contributed by atoms with Crippen molar-refractivity contribution in [1.82, 2.24) is 9.97 Å². The highest BCUT2D eigenvalue weighted by Gasteiger charge is 2.50. The fourth-order valence-corrected chi connectivity index (χ4v) is 2.55. The fraction of sp³-hybridized carbons (Fsp3) is 0.462. The minimum absolute atomic E-state index is 0.171. The number of aromatic amines is 2. The standard InChI is InChI=1S/C13H17N3O2/c1-12(2,14)13(6-18-7-13)8-3-4-9-10(5-8)16-11(17)15-9/h3-5H,6-7,14H2,1-2H3,(H2,15,16,17). The van der Waals surface area contributed by atoms with Crippen molar-refractivity contribution < 1.29 is 4.74 Å². The van der Waals surface area contributed by atoms with Crippen molar-refractivity contribution in [3.63, 3.8) is 0 Å². The fourth-order valence-electron chi connectivity index (χ4n) is 2.55. The molecular weight excluding hydrogens is 230 g/mol. The van der Waals surface area contributed by atoms with Gasteiger partial charge < -0.3 is 20.4 Å². The molecule has 0 aliphatic carbocycles. The second-order valence-electron chi connectivity index (χ2n) is 5.64. The molecule has 1 aromatic heterocycles. The van der Waals surface area contributed by atoms with Gasteiger partial charge in [0, 0.05) is 5.54 Å². The van der Waals surface area contributed by atoms with E-state index in [-0.39, 0.29) is 16.6 Å². The summed E-state index contributed by atoms with van der Waals surface area (Å²) in [6.07, 6.45) is 0. The molecule has 0 saturated carbocycles. The van der Waals surface area contributed by atoms with Crippen LogP contribution in [0.5, 0.6) is 0 Å². The van der Waals surface area contributed by atoms with Gasteiger partial charge in [-0.25, -0.2) is 4.79 Å². The number of H-pyrrole nitrogens is 2. The monoisotopic (exact) mass is 247 g/mol. The molecule has 0 radical (unpaired) electrons. The van der Waals surface area contributed by atoms with Crippen molar-refractivity contribution in [1.29, 1.82) is 0 Å². The molecule has 1 aromatic carbocycles. The molecule has 1 fully saturated rings. The zero-order valence-electron chi connectivity index (χ0n) is 10.5. The third kappa shape index (κ3) is 1.44. The highest BCUT2D eigenvalue weighted by atomic mass is 16.5. The summed E-state index contributed by atoms with van der Waals surface area (Å²) in [4.78, 5) is 16.8. The first-order chi connectivity index (χ1) is 8.42. The molecule has 2 aromatic rings. The molecule has 4 N–H and O–H groups in total. The van der Waals surface area contributed by atoms with E-state index in [1.165, 1.54) is 0 Å². The third-order valence-electron chi connectivity index (χ3n) is 4.00. The maximum Gasteiger partial charge on any atom is 0.323 e. The Bertz CT molecular complexity index is 644. The number of benzene rings is 1. The average molecular weight is 247 g/mol. The van der Waals surface area contributed by atoms with Gasteiger partial charge in [0.15, 0.2) is 0 Å². The van der Waals surface area contributed by atoms with Gasteiger partial charge in [0.2, 0.25) is 0 Å². The number of rotatable bonds is 2. The topological polar surface area (TPSA) is 83.9 Å². The molecule has 1 aliphatic heterocycles. The average Bonchev–Trinajstić information content (AvgIpc) is 2.52. The van der Waals surface area contributed by atoms with Crippen LogP contribution in [0, 0.1) is 0 Å². The Morgan fingerprint density at radius 3 is 2.50 bits per heavy atom. The second kappa shape index (κ2) is 3.46. The lowest BCUT2D eigenvalue weighted by Crippen LogP contribution is -2.64. The van der Waals surface area contributed by atoms with Crippen molar-refractivity contribution in [3.05, 3.63) is 34.2 Å². The molecular formula is C13H17N3O2. The number of ether oxygens (including phenoxy) is 1. The lowest BCUT2D eigenvalue weighted by atomic mass is 9.66. The molecule has 0 unspecified atom stereocenters. The largest absolute Gasteiger partial charge is 0.379 e. The Balaban J connectivity index is 2.16. The number of hydrogen-bond acceptors (Lipinski definition) is 3. The zero-order valence-corrected chi connectivity index (χ0v) is 10.5. The number of nitrogens with two attached hydrogens (primary N) is 1. The van der Waals surface area contributed by atoms with Gasteiger partial charge in [-0.3, -0.25) is 0 Å². The smallest absolute Gasteiger partial charge is 0.323 e. The highest BCUT2D eigenvalue weighted by Crippen LogP contribution is 2.41. The summed E-state index contributed by atoms with van der Waals surface area (Å²) in [5.74, 6) is 0. The zero-order chi connectivity index (χ0) is 13.0. The summed E-state index contributed by atoms with van der Waals surface area (Å²) in [5, 5.41) is 0. The van der Waals surface area contributed by atoms with Crippen molar-refractivity contribution in [3.8, 4) is 0 Å². The predicted molar refractivity (Wildman–Crippen MR) is 69.7 cm³/mol. The minimum Gasteiger partial charge on any atom is -0.379 e. The molecule has 5 heteroatoms. The Morgan fingerprint density at radius 1 is 1.28 bits per heavy atom. The van der Waals surface area contributed by atoms with Crippen LogP contribution in [0.3, 0.4) is 0 Å². The molecule has 0 amide bonds. The van der Waals surface area contributed by atoms with Gasteiger partial charge in [-0.1, -0.05) is 6.07 Å². The van der Waals surface area contributed by atoms with Gasteiger partial charge in [0.05, 0.1) is 29.7 Å². The molecule has 0 atom stereocenters. The molecule has 96 valence electrons. The van der Waals surface area contributed by atoms with Crippen molar-refractivity contribution in [2.24, 2.45) is 5.73 Å². The quantitative estimate of drug-likeness (QED) is 0.736. The van der Waals surface area contributed by atoms with Crippen LogP contribution in [-0.4, -0.2) is 28.7 Å². The third-order valence-corrected chi connectivity index (χ3v) is 4.00. The van der Waals surface area contributed by atoms with Crippen LogP contribution in [0.15, 0.2) is 23.0 Å². The Hall–Kier alpha value is -1.59. The SMILES string of the molecule is CC(C)(N)C1(c2ccc3[nH]c(=O)[nH]c3c2)COC1. The first kappa shape index (κ1) is 11.5. The number of aromatic nitrogens is 2. The van der Waals surface area contributed by atoms with Gasteiger partial charge in [-0.05, 0) is 31.5 Å². The first-order valence-corrected chi connectivity index (χ1v) is 6.02. The van der Waals surface area contributed by atoms with E-state index in [0.717, 1.165) is 16.6 Å². The van der Waals surface area contributed by atoms with E-state index in [4.69, 9.17) is 10.5 Å². The lowest BCUT2D eigenvalue weighted by Gasteiger charge is -2.51. The van der Waals surface area contributed by atoms with Crippen LogP contribution in [0.4, 0.5) is 0 Å². The van der Waals surface area contributed by atoms with Gasteiger partial charge >= 0.3 is 5.69 Å². The summed E-state index contributed by atoms with van der Waals surface area (Å²) >= 11 is 0. The van der Waals surface area contributed by atoms with E-state index in [1.807, 2.05) is 32.0 Å². The lowest BCUT2D eigenvalue weighted by molar-refractivity contribution is -0.0918. The summed E-state index contributed by atoms with van der Waals surface area (Å²) in [5.41, 5.74) is 8.32. The van der Waals surface area contributed by atoms with Crippen LogP contribution >= 0.6 is 0 Å². The van der Waals surface area contributed by atoms with Crippen LogP contribution < -0.4 is 11.4 Å². The molecule has 0 bridgehead atoms. The first-order valence-electron chi connectivity index (χ1n) is 6.02. The van der Waals surface area contributed by atoms with Gasteiger partial charge in [-0.15, -0.1) is 0 Å². The molecule has 5 nitrogen and oxygen atoms in total. The van der Waals surface area contributed by atoms with Gasteiger partial charge in [0.25, 0.3) is 0 Å². The number of nitrogens with one attached hydrogen (secondary N) is 2. The molecule has 18 heavy (non-hydrogen) atoms. The summed E-state index contributed by atoms with van der Waals surface area (Å²) in [7, 11) is 0. The van der Waals surface area contributed by atoms with Crippen molar-refractivity contribution in [2.45, 2.75) is 24.8 Å². The summed E-state index contributed by atoms with van der Waals surface area (Å²) in [6.45, 7) is 5.27. The molecule has 3 rings (SSSR count). The van der Waals surface area contributed by atoms with E-state index < -0.39 is 0 Å². The minimum atomic E-state index is -0.366. The van der Waals surface area contributed by atoms with Gasteiger partial charge in [-0.2, -0.15) is 0 Å². The van der Waals surface area contributed by atoms with Crippen LogP contribution in [0.2, 0.25) is 0 Å². The molecule has 0 spiro atoms. The Labute approximate surface area is 104 Å². The van der Waals surface area contributed by atoms with Crippen LogP contribution in [0.1, 0.15) is 19.4 Å². The van der Waals surface area contributed by atoms with E-state index in [1.54, 1.807) is 0 Å². The van der Waals surface area contributed by atoms with E-state index in [2.05, 4.69) is 9.97 Å². The number of hydrogen-bond donors (Lipinski definition) is 3. The number of imidazole rings is 1. The molecule has 1 aliphatic rings. The summed E-state index contributed by atoms with van der Waals surface area (Å²) < 4.78 is 5.38. The maximum atomic E-state index is 11.3. The van der Waals surface area contributed by atoms with Crippen molar-refractivity contribution >= 4 is 11.0 Å².